The molecule has 2 rings (SSSR count). The smallest absolute Gasteiger partial charge is 0.326 e. The number of amides is 2. The van der Waals surface area contributed by atoms with Gasteiger partial charge in [0, 0.05) is 23.9 Å². The monoisotopic (exact) mass is 321 g/mol. The molecular formula is C15H19N3O5. The Morgan fingerprint density at radius 2 is 2.13 bits per heavy atom. The van der Waals surface area contributed by atoms with Crippen molar-refractivity contribution in [2.45, 2.75) is 32.7 Å². The number of hydrogen-bond acceptors (Lipinski definition) is 4. The third-order valence-corrected chi connectivity index (χ3v) is 4.07. The number of aliphatic carboxylic acids is 1. The summed E-state index contributed by atoms with van der Waals surface area (Å²) >= 11 is 0. The minimum atomic E-state index is -1.04. The molecule has 1 aliphatic heterocycles. The van der Waals surface area contributed by atoms with Crippen LogP contribution in [0.25, 0.3) is 0 Å². The largest absolute Gasteiger partial charge is 0.480 e. The minimum absolute atomic E-state index is 0.0927. The third-order valence-electron chi connectivity index (χ3n) is 4.07. The third kappa shape index (κ3) is 3.77. The highest BCUT2D eigenvalue weighted by molar-refractivity contribution is 5.92. The Kier molecular flexibility index (Phi) is 4.83. The molecule has 124 valence electrons. The van der Waals surface area contributed by atoms with Crippen molar-refractivity contribution in [3.8, 4) is 0 Å². The van der Waals surface area contributed by atoms with Gasteiger partial charge < -0.3 is 15.3 Å². The number of rotatable bonds is 3. The fourth-order valence-corrected chi connectivity index (χ4v) is 2.70. The van der Waals surface area contributed by atoms with Crippen molar-refractivity contribution in [2.75, 3.05) is 11.9 Å². The highest BCUT2D eigenvalue weighted by Gasteiger charge is 2.34. The molecule has 0 radical (unpaired) electrons. The van der Waals surface area contributed by atoms with E-state index < -0.39 is 23.0 Å². The quantitative estimate of drug-likeness (QED) is 0.656. The zero-order valence-corrected chi connectivity index (χ0v) is 13.0. The second kappa shape index (κ2) is 6.64. The molecule has 0 bridgehead atoms. The SMILES string of the molecule is Cc1ccc(NC(=O)N2CC[C@@H](C)C[C@@H]2C(=O)O)cc1[N+](=O)[O-]. The van der Waals surface area contributed by atoms with E-state index in [9.17, 15) is 24.8 Å². The normalized spacial score (nSPS) is 20.9. The van der Waals surface area contributed by atoms with Crippen LogP contribution in [0.1, 0.15) is 25.3 Å². The molecule has 0 aliphatic carbocycles. The lowest BCUT2D eigenvalue weighted by atomic mass is 9.93. The van der Waals surface area contributed by atoms with Crippen LogP contribution in [0.4, 0.5) is 16.2 Å². The number of benzene rings is 1. The van der Waals surface area contributed by atoms with Crippen LogP contribution >= 0.6 is 0 Å². The van der Waals surface area contributed by atoms with Crippen molar-refractivity contribution in [1.82, 2.24) is 4.90 Å². The second-order valence-corrected chi connectivity index (χ2v) is 5.87. The average Bonchev–Trinajstić information content (AvgIpc) is 2.48. The molecule has 0 aromatic heterocycles. The van der Waals surface area contributed by atoms with Crippen molar-refractivity contribution in [3.05, 3.63) is 33.9 Å². The second-order valence-electron chi connectivity index (χ2n) is 5.87. The number of nitrogens with one attached hydrogen (secondary N) is 1. The predicted molar refractivity (Wildman–Crippen MR) is 83.4 cm³/mol. The zero-order valence-electron chi connectivity index (χ0n) is 13.0. The molecule has 1 saturated heterocycles. The lowest BCUT2D eigenvalue weighted by Crippen LogP contribution is -2.51. The van der Waals surface area contributed by atoms with Crippen LogP contribution in [0.5, 0.6) is 0 Å². The first kappa shape index (κ1) is 16.7. The number of carbonyl (C=O) groups excluding carboxylic acids is 1. The molecule has 1 heterocycles. The number of carboxylic acids is 1. The topological polar surface area (TPSA) is 113 Å². The Labute approximate surface area is 133 Å². The first-order valence-electron chi connectivity index (χ1n) is 7.35. The number of anilines is 1. The summed E-state index contributed by atoms with van der Waals surface area (Å²) in [5.74, 6) is -0.804. The van der Waals surface area contributed by atoms with Crippen molar-refractivity contribution < 1.29 is 19.6 Å². The van der Waals surface area contributed by atoms with E-state index in [1.807, 2.05) is 6.92 Å². The number of urea groups is 1. The highest BCUT2D eigenvalue weighted by atomic mass is 16.6. The van der Waals surface area contributed by atoms with Gasteiger partial charge in [0.25, 0.3) is 5.69 Å². The van der Waals surface area contributed by atoms with E-state index in [1.165, 1.54) is 11.0 Å². The number of nitro groups is 1. The molecule has 1 aromatic carbocycles. The van der Waals surface area contributed by atoms with Crippen molar-refractivity contribution >= 4 is 23.4 Å². The fraction of sp³-hybridized carbons (Fsp3) is 0.467. The zero-order chi connectivity index (χ0) is 17.1. The van der Waals surface area contributed by atoms with E-state index in [0.29, 0.717) is 18.5 Å². The van der Waals surface area contributed by atoms with Gasteiger partial charge >= 0.3 is 12.0 Å². The van der Waals surface area contributed by atoms with Crippen LogP contribution < -0.4 is 5.32 Å². The summed E-state index contributed by atoms with van der Waals surface area (Å²) < 4.78 is 0. The van der Waals surface area contributed by atoms with Crippen LogP contribution in [-0.2, 0) is 4.79 Å². The van der Waals surface area contributed by atoms with Gasteiger partial charge in [0.2, 0.25) is 0 Å². The Hall–Kier alpha value is -2.64. The molecule has 1 fully saturated rings. The number of likely N-dealkylation sites (tertiary alicyclic amines) is 1. The fourth-order valence-electron chi connectivity index (χ4n) is 2.70. The van der Waals surface area contributed by atoms with Gasteiger partial charge in [-0.05, 0) is 31.7 Å². The van der Waals surface area contributed by atoms with Gasteiger partial charge in [0.15, 0.2) is 0 Å². The number of nitro benzene ring substituents is 1. The van der Waals surface area contributed by atoms with E-state index >= 15 is 0 Å². The van der Waals surface area contributed by atoms with E-state index in [0.717, 1.165) is 6.42 Å². The van der Waals surface area contributed by atoms with Gasteiger partial charge in [-0.3, -0.25) is 10.1 Å². The highest BCUT2D eigenvalue weighted by Crippen LogP contribution is 2.25. The summed E-state index contributed by atoms with van der Waals surface area (Å²) in [4.78, 5) is 35.4. The Morgan fingerprint density at radius 1 is 1.43 bits per heavy atom. The maximum atomic E-state index is 12.3. The van der Waals surface area contributed by atoms with Crippen LogP contribution in [0.15, 0.2) is 18.2 Å². The molecule has 0 saturated carbocycles. The summed E-state index contributed by atoms with van der Waals surface area (Å²) in [6, 6.07) is 2.94. The standard InChI is InChI=1S/C15H19N3O5/c1-9-5-6-17(13(7-9)14(19)20)15(21)16-11-4-3-10(2)12(8-11)18(22)23/h3-4,8-9,13H,5-7H2,1-2H3,(H,16,21)(H,19,20)/t9-,13-/m1/s1. The molecular weight excluding hydrogens is 302 g/mol. The summed E-state index contributed by atoms with van der Waals surface area (Å²) in [5, 5.41) is 22.8. The number of hydrogen-bond donors (Lipinski definition) is 2. The van der Waals surface area contributed by atoms with Crippen LogP contribution in [-0.4, -0.2) is 39.5 Å². The van der Waals surface area contributed by atoms with Gasteiger partial charge in [-0.2, -0.15) is 0 Å². The van der Waals surface area contributed by atoms with E-state index in [-0.39, 0.29) is 17.3 Å². The number of nitrogens with zero attached hydrogens (tertiary/aromatic N) is 2. The van der Waals surface area contributed by atoms with E-state index in [2.05, 4.69) is 5.32 Å². The Bertz CT molecular complexity index is 646. The Morgan fingerprint density at radius 3 is 2.74 bits per heavy atom. The van der Waals surface area contributed by atoms with Crippen LogP contribution in [0.2, 0.25) is 0 Å². The molecule has 2 amide bonds. The van der Waals surface area contributed by atoms with Gasteiger partial charge in [-0.1, -0.05) is 13.0 Å². The summed E-state index contributed by atoms with van der Waals surface area (Å²) in [6.45, 7) is 3.91. The van der Waals surface area contributed by atoms with Crippen LogP contribution in [0, 0.1) is 23.0 Å². The molecule has 2 atom stereocenters. The summed E-state index contributed by atoms with van der Waals surface area (Å²) in [6.07, 6.45) is 1.13. The lowest BCUT2D eigenvalue weighted by molar-refractivity contribution is -0.385. The van der Waals surface area contributed by atoms with Gasteiger partial charge in [0.1, 0.15) is 6.04 Å². The Balaban J connectivity index is 2.16. The molecule has 8 heteroatoms. The molecule has 8 nitrogen and oxygen atoms in total. The van der Waals surface area contributed by atoms with Crippen molar-refractivity contribution in [3.63, 3.8) is 0 Å². The number of carbonyl (C=O) groups is 2. The van der Waals surface area contributed by atoms with Crippen LogP contribution in [0.3, 0.4) is 0 Å². The molecule has 2 N–H and O–H groups in total. The molecule has 1 aliphatic rings. The molecule has 23 heavy (non-hydrogen) atoms. The van der Waals surface area contributed by atoms with Gasteiger partial charge in [-0.25, -0.2) is 9.59 Å². The lowest BCUT2D eigenvalue weighted by Gasteiger charge is -2.35. The summed E-state index contributed by atoms with van der Waals surface area (Å²) in [7, 11) is 0. The average molecular weight is 321 g/mol. The maximum Gasteiger partial charge on any atom is 0.326 e. The predicted octanol–water partition coefficient (Wildman–Crippen LogP) is 2.62. The van der Waals surface area contributed by atoms with Gasteiger partial charge in [-0.15, -0.1) is 0 Å². The molecule has 0 spiro atoms. The first-order chi connectivity index (χ1) is 10.8. The minimum Gasteiger partial charge on any atom is -0.480 e. The maximum absolute atomic E-state index is 12.3. The number of piperidine rings is 1. The summed E-state index contributed by atoms with van der Waals surface area (Å²) in [5.41, 5.74) is 0.670. The molecule has 1 aromatic rings. The van der Waals surface area contributed by atoms with E-state index in [4.69, 9.17) is 0 Å². The van der Waals surface area contributed by atoms with E-state index in [1.54, 1.807) is 19.1 Å². The first-order valence-corrected chi connectivity index (χ1v) is 7.35. The van der Waals surface area contributed by atoms with Crippen molar-refractivity contribution in [2.24, 2.45) is 5.92 Å². The molecule has 0 unspecified atom stereocenters. The number of aryl methyl sites for hydroxylation is 1. The van der Waals surface area contributed by atoms with Crippen molar-refractivity contribution in [1.29, 1.82) is 0 Å². The van der Waals surface area contributed by atoms with Gasteiger partial charge in [0.05, 0.1) is 4.92 Å². The number of carboxylic acid groups (broad SMARTS) is 1.